The minimum absolute atomic E-state index is 0.616. The average molecular weight is 249 g/mol. The lowest BCUT2D eigenvalue weighted by Crippen LogP contribution is -1.91. The van der Waals surface area contributed by atoms with Crippen molar-refractivity contribution in [3.8, 4) is 0 Å². The molecular formula is C15H27N3. The average Bonchev–Trinajstić information content (AvgIpc) is 2.58. The minimum Gasteiger partial charge on any atom is -0.383 e. The van der Waals surface area contributed by atoms with E-state index in [1.807, 2.05) is 20.0 Å². The fourth-order valence-corrected chi connectivity index (χ4v) is 1.59. The van der Waals surface area contributed by atoms with Crippen LogP contribution in [0.1, 0.15) is 46.1 Å². The van der Waals surface area contributed by atoms with E-state index in [1.54, 1.807) is 6.20 Å². The van der Waals surface area contributed by atoms with Crippen LogP contribution in [0.4, 0.5) is 5.82 Å². The molecule has 0 aliphatic rings. The van der Waals surface area contributed by atoms with E-state index in [4.69, 9.17) is 5.73 Å². The molecule has 2 N–H and O–H groups in total. The second-order valence-corrected chi connectivity index (χ2v) is 4.43. The molecule has 18 heavy (non-hydrogen) atoms. The van der Waals surface area contributed by atoms with Crippen LogP contribution in [0, 0.1) is 6.92 Å². The molecule has 0 aromatic carbocycles. The molecule has 0 saturated heterocycles. The number of hydrogen-bond donors (Lipinski definition) is 1. The van der Waals surface area contributed by atoms with E-state index in [-0.39, 0.29) is 0 Å². The summed E-state index contributed by atoms with van der Waals surface area (Å²) in [5, 5.41) is 1.07. The van der Waals surface area contributed by atoms with Gasteiger partial charge in [-0.25, -0.2) is 4.98 Å². The lowest BCUT2D eigenvalue weighted by Gasteiger charge is -1.97. The highest BCUT2D eigenvalue weighted by Gasteiger charge is 2.05. The maximum Gasteiger partial charge on any atom is 0.133 e. The van der Waals surface area contributed by atoms with Crippen molar-refractivity contribution in [1.29, 1.82) is 0 Å². The summed E-state index contributed by atoms with van der Waals surface area (Å²) in [7, 11) is 2.01. The van der Waals surface area contributed by atoms with E-state index in [0.29, 0.717) is 5.82 Å². The van der Waals surface area contributed by atoms with E-state index in [2.05, 4.69) is 43.4 Å². The molecule has 0 aliphatic heterocycles. The number of anilines is 1. The smallest absolute Gasteiger partial charge is 0.133 e. The van der Waals surface area contributed by atoms with Gasteiger partial charge in [-0.1, -0.05) is 40.5 Å². The Labute approximate surface area is 111 Å². The molecular weight excluding hydrogens is 222 g/mol. The zero-order chi connectivity index (χ0) is 14.1. The van der Waals surface area contributed by atoms with Crippen LogP contribution in [-0.4, -0.2) is 9.55 Å². The maximum atomic E-state index is 5.75. The molecule has 0 unspecified atom stereocenters. The molecule has 2 rings (SSSR count). The van der Waals surface area contributed by atoms with E-state index in [9.17, 15) is 0 Å². The second kappa shape index (κ2) is 8.56. The van der Waals surface area contributed by atoms with Crippen LogP contribution in [0.5, 0.6) is 0 Å². The molecule has 102 valence electrons. The number of nitrogens with zero attached hydrogens (tertiary/aromatic N) is 2. The van der Waals surface area contributed by atoms with Crippen molar-refractivity contribution in [2.45, 2.75) is 47.5 Å². The van der Waals surface area contributed by atoms with Gasteiger partial charge in [0.25, 0.3) is 0 Å². The number of nitrogen functional groups attached to an aromatic ring is 1. The first kappa shape index (κ1) is 16.5. The zero-order valence-electron chi connectivity index (χ0n) is 12.6. The second-order valence-electron chi connectivity index (χ2n) is 4.43. The lowest BCUT2D eigenvalue weighted by atomic mass is 10.2. The van der Waals surface area contributed by atoms with Crippen LogP contribution in [0.15, 0.2) is 18.5 Å². The normalized spacial score (nSPS) is 9.22. The highest BCUT2D eigenvalue weighted by atomic mass is 14.9. The fourth-order valence-electron chi connectivity index (χ4n) is 1.59. The summed E-state index contributed by atoms with van der Waals surface area (Å²) in [5.74, 6) is 0.616. The molecule has 3 heteroatoms. The van der Waals surface area contributed by atoms with Crippen molar-refractivity contribution in [3.63, 3.8) is 0 Å². The topological polar surface area (TPSA) is 43.8 Å². The summed E-state index contributed by atoms with van der Waals surface area (Å²) in [6.07, 6.45) is 6.29. The molecule has 0 amide bonds. The molecule has 2 aromatic rings. The summed E-state index contributed by atoms with van der Waals surface area (Å²) in [6.45, 7) is 10.5. The Morgan fingerprint density at radius 3 is 2.11 bits per heavy atom. The van der Waals surface area contributed by atoms with Crippen LogP contribution >= 0.6 is 0 Å². The minimum atomic E-state index is 0.616. The van der Waals surface area contributed by atoms with Crippen LogP contribution < -0.4 is 5.73 Å². The SMILES string of the molecule is CCC.CCC.Cc1cn(C)c2ccnc(N)c12. The van der Waals surface area contributed by atoms with Crippen LogP contribution in [-0.2, 0) is 7.05 Å². The number of aryl methyl sites for hydroxylation is 2. The highest BCUT2D eigenvalue weighted by molar-refractivity contribution is 5.92. The molecule has 2 heterocycles. The van der Waals surface area contributed by atoms with Gasteiger partial charge in [0.2, 0.25) is 0 Å². The Kier molecular flexibility index (Phi) is 7.84. The molecule has 0 spiro atoms. The Bertz CT molecular complexity index is 456. The van der Waals surface area contributed by atoms with Crippen molar-refractivity contribution >= 4 is 16.7 Å². The molecule has 0 saturated carbocycles. The molecule has 0 aliphatic carbocycles. The standard InChI is InChI=1S/C9H11N3.2C3H8/c1-6-5-12(2)7-3-4-11-9(10)8(6)7;2*1-3-2/h3-5H,1-2H3,(H2,10,11);2*3H2,1-2H3. The van der Waals surface area contributed by atoms with Crippen molar-refractivity contribution < 1.29 is 0 Å². The summed E-state index contributed by atoms with van der Waals surface area (Å²) in [4.78, 5) is 4.05. The molecule has 0 radical (unpaired) electrons. The van der Waals surface area contributed by atoms with Gasteiger partial charge in [0.15, 0.2) is 0 Å². The van der Waals surface area contributed by atoms with Gasteiger partial charge in [-0.3, -0.25) is 0 Å². The van der Waals surface area contributed by atoms with Gasteiger partial charge >= 0.3 is 0 Å². The van der Waals surface area contributed by atoms with Gasteiger partial charge in [0, 0.05) is 24.8 Å². The maximum absolute atomic E-state index is 5.75. The van der Waals surface area contributed by atoms with Gasteiger partial charge in [0.1, 0.15) is 5.82 Å². The molecule has 0 fully saturated rings. The third kappa shape index (κ3) is 4.40. The van der Waals surface area contributed by atoms with Crippen LogP contribution in [0.2, 0.25) is 0 Å². The number of nitrogens with two attached hydrogens (primary N) is 1. The van der Waals surface area contributed by atoms with Crippen LogP contribution in [0.3, 0.4) is 0 Å². The monoisotopic (exact) mass is 249 g/mol. The molecule has 0 atom stereocenters. The van der Waals surface area contributed by atoms with Crippen molar-refractivity contribution in [1.82, 2.24) is 9.55 Å². The quantitative estimate of drug-likeness (QED) is 0.756. The number of rotatable bonds is 0. The van der Waals surface area contributed by atoms with Gasteiger partial charge in [-0.15, -0.1) is 0 Å². The summed E-state index contributed by atoms with van der Waals surface area (Å²) >= 11 is 0. The molecule has 0 bridgehead atoms. The number of aromatic nitrogens is 2. The van der Waals surface area contributed by atoms with Gasteiger partial charge < -0.3 is 10.3 Å². The Hall–Kier alpha value is -1.51. The number of hydrogen-bond acceptors (Lipinski definition) is 2. The van der Waals surface area contributed by atoms with Gasteiger partial charge in [-0.05, 0) is 18.6 Å². The van der Waals surface area contributed by atoms with E-state index in [1.165, 1.54) is 18.4 Å². The Morgan fingerprint density at radius 1 is 1.17 bits per heavy atom. The Balaban J connectivity index is 0.000000414. The van der Waals surface area contributed by atoms with Crippen molar-refractivity contribution in [2.24, 2.45) is 7.05 Å². The first-order valence-electron chi connectivity index (χ1n) is 6.69. The zero-order valence-corrected chi connectivity index (χ0v) is 12.6. The van der Waals surface area contributed by atoms with E-state index in [0.717, 1.165) is 10.9 Å². The number of pyridine rings is 1. The third-order valence-corrected chi connectivity index (χ3v) is 2.12. The van der Waals surface area contributed by atoms with Gasteiger partial charge in [0.05, 0.1) is 5.52 Å². The van der Waals surface area contributed by atoms with E-state index >= 15 is 0 Å². The summed E-state index contributed by atoms with van der Waals surface area (Å²) in [6, 6.07) is 1.97. The molecule has 2 aromatic heterocycles. The van der Waals surface area contributed by atoms with Crippen LogP contribution in [0.25, 0.3) is 10.9 Å². The predicted molar refractivity (Wildman–Crippen MR) is 81.8 cm³/mol. The lowest BCUT2D eigenvalue weighted by molar-refractivity contribution is 0.963. The first-order valence-corrected chi connectivity index (χ1v) is 6.69. The van der Waals surface area contributed by atoms with Crippen molar-refractivity contribution in [3.05, 3.63) is 24.0 Å². The number of fused-ring (bicyclic) bond motifs is 1. The Morgan fingerprint density at radius 2 is 1.67 bits per heavy atom. The van der Waals surface area contributed by atoms with Crippen molar-refractivity contribution in [2.75, 3.05) is 5.73 Å². The van der Waals surface area contributed by atoms with E-state index < -0.39 is 0 Å². The summed E-state index contributed by atoms with van der Waals surface area (Å²) < 4.78 is 2.06. The summed E-state index contributed by atoms with van der Waals surface area (Å²) in [5.41, 5.74) is 8.06. The first-order chi connectivity index (χ1) is 8.53. The molecule has 3 nitrogen and oxygen atoms in total. The fraction of sp³-hybridized carbons (Fsp3) is 0.533. The van der Waals surface area contributed by atoms with Gasteiger partial charge in [-0.2, -0.15) is 0 Å². The highest BCUT2D eigenvalue weighted by Crippen LogP contribution is 2.23. The largest absolute Gasteiger partial charge is 0.383 e. The third-order valence-electron chi connectivity index (χ3n) is 2.12. The predicted octanol–water partition coefficient (Wildman–Crippen LogP) is 4.30.